The van der Waals surface area contributed by atoms with Crippen molar-refractivity contribution in [2.24, 2.45) is 0 Å². The molecule has 0 fully saturated rings. The molecule has 3 rings (SSSR count). The zero-order valence-corrected chi connectivity index (χ0v) is 21.5. The number of hydrogen-bond acceptors (Lipinski definition) is 4. The Morgan fingerprint density at radius 2 is 0.786 bits per heavy atom. The summed E-state index contributed by atoms with van der Waals surface area (Å²) >= 11 is 0. The predicted octanol–water partition coefficient (Wildman–Crippen LogP) is 8.82. The summed E-state index contributed by atoms with van der Waals surface area (Å²) in [4.78, 5) is 5.94. The van der Waals surface area contributed by atoms with Crippen molar-refractivity contribution in [3.05, 3.63) is 22.8 Å². The van der Waals surface area contributed by atoms with Crippen molar-refractivity contribution in [3.63, 3.8) is 0 Å². The monoisotopic (exact) mass is 454 g/mol. The van der Waals surface area contributed by atoms with Gasteiger partial charge in [0, 0.05) is 35.9 Å². The summed E-state index contributed by atoms with van der Waals surface area (Å²) in [5, 5.41) is 0. The second-order valence-corrected chi connectivity index (χ2v) is 12.0. The van der Waals surface area contributed by atoms with Gasteiger partial charge in [0.2, 0.25) is 0 Å². The number of fused-ring (bicyclic) bond motifs is 2. The number of rotatable bonds is 8. The van der Waals surface area contributed by atoms with Crippen molar-refractivity contribution < 1.29 is 0 Å². The number of hydrogen-bond donors (Lipinski definition) is 0. The molecule has 0 aliphatic carbocycles. The molecular weight excluding hydrogens is 421 g/mol. The fourth-order valence-electron chi connectivity index (χ4n) is 3.92. The van der Waals surface area contributed by atoms with E-state index in [1.807, 2.05) is 43.2 Å². The summed E-state index contributed by atoms with van der Waals surface area (Å²) in [6.07, 6.45) is 7.76. The lowest BCUT2D eigenvalue weighted by Gasteiger charge is -2.11. The van der Waals surface area contributed by atoms with E-state index in [1.165, 1.54) is 80.9 Å². The predicted molar refractivity (Wildman–Crippen MR) is 130 cm³/mol. The van der Waals surface area contributed by atoms with Crippen LogP contribution in [-0.4, -0.2) is 9.13 Å². The number of nitrogens with zero attached hydrogens (tertiary/aromatic N) is 2. The van der Waals surface area contributed by atoms with Crippen LogP contribution < -0.4 is 0 Å². The maximum atomic E-state index is 2.56. The van der Waals surface area contributed by atoms with E-state index < -0.39 is 0 Å². The minimum Gasteiger partial charge on any atom is -0.347 e. The first kappa shape index (κ1) is 22.6. The average Bonchev–Trinajstić information content (AvgIpc) is 3.00. The van der Waals surface area contributed by atoms with Gasteiger partial charge in [0.1, 0.15) is 0 Å². The van der Waals surface area contributed by atoms with Crippen molar-refractivity contribution in [2.75, 3.05) is 0 Å². The first-order valence-corrected chi connectivity index (χ1v) is 14.9. The molecule has 0 aromatic carbocycles. The fraction of sp³-hybridized carbons (Fsp3) is 0.636. The molecule has 1 aliphatic heterocycles. The average molecular weight is 455 g/mol. The molecule has 0 saturated carbocycles. The molecule has 0 bridgehead atoms. The van der Waals surface area contributed by atoms with Gasteiger partial charge in [-0.1, -0.05) is 39.5 Å². The smallest absolute Gasteiger partial charge is 0.0540 e. The number of aromatic nitrogens is 2. The van der Waals surface area contributed by atoms with Crippen LogP contribution in [0.5, 0.6) is 0 Å². The Bertz CT molecular complexity index is 696. The molecule has 6 heteroatoms. The second kappa shape index (κ2) is 10.3. The third-order valence-corrected chi connectivity index (χ3v) is 11.3. The van der Waals surface area contributed by atoms with Gasteiger partial charge in [0.15, 0.2) is 0 Å². The van der Waals surface area contributed by atoms with Gasteiger partial charge in [0.25, 0.3) is 0 Å². The molecule has 156 valence electrons. The minimum absolute atomic E-state index is 1.16. The van der Waals surface area contributed by atoms with E-state index in [1.54, 1.807) is 0 Å². The molecule has 0 N–H and O–H groups in total. The topological polar surface area (TPSA) is 9.86 Å². The molecule has 2 aromatic heterocycles. The molecule has 2 aromatic rings. The summed E-state index contributed by atoms with van der Waals surface area (Å²) in [7, 11) is 7.92. The van der Waals surface area contributed by atoms with E-state index in [0.717, 1.165) is 13.1 Å². The zero-order valence-electron chi connectivity index (χ0n) is 18.2. The summed E-state index contributed by atoms with van der Waals surface area (Å²) in [6.45, 7) is 16.1. The lowest BCUT2D eigenvalue weighted by Crippen LogP contribution is -2.02. The Morgan fingerprint density at radius 1 is 0.500 bits per heavy atom. The van der Waals surface area contributed by atoms with Crippen LogP contribution in [0.2, 0.25) is 0 Å². The van der Waals surface area contributed by atoms with E-state index in [9.17, 15) is 0 Å². The Morgan fingerprint density at radius 3 is 1.04 bits per heavy atom. The van der Waals surface area contributed by atoms with E-state index in [-0.39, 0.29) is 0 Å². The van der Waals surface area contributed by atoms with Crippen LogP contribution in [0.1, 0.15) is 75.1 Å². The quantitative estimate of drug-likeness (QED) is 0.291. The van der Waals surface area contributed by atoms with Crippen LogP contribution in [0.3, 0.4) is 0 Å². The molecular formula is C22H34N2S4. The molecule has 28 heavy (non-hydrogen) atoms. The standard InChI is InChI=1S/C22H34N2S4/c1-7-9-11-13-23-15(3)19-20(16(23)4)26-28-22-18(6)24(14-12-10-8-2)17(5)21(22)27-25-19/h7-14H2,1-6H3. The van der Waals surface area contributed by atoms with Gasteiger partial charge in [0.05, 0.1) is 19.6 Å². The highest BCUT2D eigenvalue weighted by Gasteiger charge is 2.26. The van der Waals surface area contributed by atoms with Gasteiger partial charge < -0.3 is 9.13 Å². The van der Waals surface area contributed by atoms with Gasteiger partial charge in [-0.2, -0.15) is 0 Å². The largest absolute Gasteiger partial charge is 0.347 e. The summed E-state index contributed by atoms with van der Waals surface area (Å²) in [5.41, 5.74) is 5.81. The van der Waals surface area contributed by atoms with E-state index in [0.29, 0.717) is 0 Å². The van der Waals surface area contributed by atoms with Gasteiger partial charge in [-0.15, -0.1) is 0 Å². The zero-order chi connectivity index (χ0) is 20.3. The van der Waals surface area contributed by atoms with Gasteiger partial charge in [-0.25, -0.2) is 0 Å². The lowest BCUT2D eigenvalue weighted by atomic mass is 10.2. The van der Waals surface area contributed by atoms with E-state index >= 15 is 0 Å². The first-order valence-electron chi connectivity index (χ1n) is 10.6. The highest BCUT2D eigenvalue weighted by atomic mass is 33.1. The molecule has 0 radical (unpaired) electrons. The van der Waals surface area contributed by atoms with Crippen molar-refractivity contribution in [1.29, 1.82) is 0 Å². The maximum absolute atomic E-state index is 2.56. The molecule has 0 amide bonds. The Kier molecular flexibility index (Phi) is 8.34. The second-order valence-electron chi connectivity index (χ2n) is 7.71. The number of unbranched alkanes of at least 4 members (excludes halogenated alkanes) is 4. The Labute approximate surface area is 187 Å². The van der Waals surface area contributed by atoms with Crippen LogP contribution in [0.4, 0.5) is 0 Å². The molecule has 0 saturated heterocycles. The van der Waals surface area contributed by atoms with Crippen molar-refractivity contribution in [2.45, 2.75) is 113 Å². The van der Waals surface area contributed by atoms with Crippen molar-refractivity contribution in [3.8, 4) is 0 Å². The Hall–Kier alpha value is -0.0400. The molecule has 3 heterocycles. The van der Waals surface area contributed by atoms with Gasteiger partial charge in [-0.05, 0) is 83.7 Å². The molecule has 1 aliphatic rings. The normalized spacial score (nSPS) is 13.9. The summed E-state index contributed by atoms with van der Waals surface area (Å²) < 4.78 is 5.12. The summed E-state index contributed by atoms with van der Waals surface area (Å²) in [6, 6.07) is 0. The summed E-state index contributed by atoms with van der Waals surface area (Å²) in [5.74, 6) is 0. The highest BCUT2D eigenvalue weighted by Crippen LogP contribution is 2.57. The first-order chi connectivity index (χ1) is 13.5. The third-order valence-electron chi connectivity index (χ3n) is 5.73. The maximum Gasteiger partial charge on any atom is 0.0540 e. The highest BCUT2D eigenvalue weighted by molar-refractivity contribution is 8.79. The lowest BCUT2D eigenvalue weighted by molar-refractivity contribution is 0.581. The Balaban J connectivity index is 1.86. The molecule has 0 spiro atoms. The fourth-order valence-corrected chi connectivity index (χ4v) is 10.7. The van der Waals surface area contributed by atoms with Crippen LogP contribution in [0.15, 0.2) is 19.6 Å². The van der Waals surface area contributed by atoms with E-state index in [4.69, 9.17) is 0 Å². The van der Waals surface area contributed by atoms with Crippen LogP contribution >= 0.6 is 43.2 Å². The van der Waals surface area contributed by atoms with E-state index in [2.05, 4.69) is 50.7 Å². The van der Waals surface area contributed by atoms with Crippen molar-refractivity contribution in [1.82, 2.24) is 9.13 Å². The van der Waals surface area contributed by atoms with Crippen molar-refractivity contribution >= 4 is 43.2 Å². The minimum atomic E-state index is 1.16. The van der Waals surface area contributed by atoms with Gasteiger partial charge in [-0.3, -0.25) is 0 Å². The van der Waals surface area contributed by atoms with Crippen LogP contribution in [0, 0.1) is 27.7 Å². The SMILES string of the molecule is CCCCCn1c(C)c2c(c1C)SSc1c(c(C)n(CCCCC)c1C)SS2. The van der Waals surface area contributed by atoms with Gasteiger partial charge >= 0.3 is 0 Å². The molecule has 2 nitrogen and oxygen atoms in total. The van der Waals surface area contributed by atoms with Crippen LogP contribution in [-0.2, 0) is 13.1 Å². The molecule has 0 unspecified atom stereocenters. The third kappa shape index (κ3) is 4.50. The van der Waals surface area contributed by atoms with Crippen LogP contribution in [0.25, 0.3) is 0 Å². The molecule has 0 atom stereocenters.